The Labute approximate surface area is 155 Å². The number of nitrogens with one attached hydrogen (secondary N) is 1. The van der Waals surface area contributed by atoms with Gasteiger partial charge in [0.15, 0.2) is 0 Å². The Balaban J connectivity index is 1.37. The summed E-state index contributed by atoms with van der Waals surface area (Å²) < 4.78 is 0. The molecule has 0 spiro atoms. The van der Waals surface area contributed by atoms with Gasteiger partial charge >= 0.3 is 0 Å². The lowest BCUT2D eigenvalue weighted by Gasteiger charge is -2.36. The number of amides is 2. The van der Waals surface area contributed by atoms with Gasteiger partial charge in [-0.05, 0) is 38.1 Å². The number of rotatable bonds is 5. The van der Waals surface area contributed by atoms with Crippen molar-refractivity contribution < 1.29 is 9.59 Å². The molecule has 2 fully saturated rings. The minimum absolute atomic E-state index is 0.131. The van der Waals surface area contributed by atoms with Gasteiger partial charge in [-0.2, -0.15) is 0 Å². The Bertz CT molecular complexity index is 593. The van der Waals surface area contributed by atoms with Crippen molar-refractivity contribution in [1.82, 2.24) is 20.1 Å². The number of hydrogen-bond acceptors (Lipinski definition) is 5. The van der Waals surface area contributed by atoms with Crippen LogP contribution >= 0.6 is 0 Å². The van der Waals surface area contributed by atoms with Crippen LogP contribution in [0.2, 0.25) is 0 Å². The van der Waals surface area contributed by atoms with Crippen molar-refractivity contribution in [1.29, 1.82) is 0 Å². The minimum atomic E-state index is 0.131. The van der Waals surface area contributed by atoms with Crippen LogP contribution in [0.1, 0.15) is 19.3 Å². The quantitative estimate of drug-likeness (QED) is 0.833. The number of carbonyl (C=O) groups excluding carboxylic acids is 2. The highest BCUT2D eigenvalue weighted by Gasteiger charge is 2.26. The number of pyridine rings is 1. The molecule has 2 amide bonds. The molecule has 3 rings (SSSR count). The van der Waals surface area contributed by atoms with Crippen molar-refractivity contribution in [2.24, 2.45) is 5.92 Å². The molecule has 7 heteroatoms. The lowest BCUT2D eigenvalue weighted by molar-refractivity contribution is -0.132. The van der Waals surface area contributed by atoms with Crippen LogP contribution in [0.4, 0.5) is 5.82 Å². The van der Waals surface area contributed by atoms with Crippen molar-refractivity contribution in [2.45, 2.75) is 19.3 Å². The Hall–Kier alpha value is -2.15. The summed E-state index contributed by atoms with van der Waals surface area (Å²) in [6.07, 6.45) is 4.14. The van der Waals surface area contributed by atoms with Crippen molar-refractivity contribution in [3.8, 4) is 0 Å². The number of carbonyl (C=O) groups is 2. The van der Waals surface area contributed by atoms with Crippen LogP contribution in [0.25, 0.3) is 0 Å². The largest absolute Gasteiger partial charge is 0.359 e. The summed E-state index contributed by atoms with van der Waals surface area (Å²) in [5.74, 6) is 1.50. The van der Waals surface area contributed by atoms with Gasteiger partial charge in [0.05, 0.1) is 0 Å². The zero-order valence-electron chi connectivity index (χ0n) is 15.6. The first kappa shape index (κ1) is 18.6. The first-order valence-corrected chi connectivity index (χ1v) is 9.55. The van der Waals surface area contributed by atoms with Crippen LogP contribution in [-0.4, -0.2) is 79.5 Å². The fourth-order valence-electron chi connectivity index (χ4n) is 3.76. The highest BCUT2D eigenvalue weighted by Crippen LogP contribution is 2.18. The number of aromatic nitrogens is 1. The van der Waals surface area contributed by atoms with E-state index in [-0.39, 0.29) is 17.7 Å². The van der Waals surface area contributed by atoms with Gasteiger partial charge in [0.25, 0.3) is 0 Å². The van der Waals surface area contributed by atoms with E-state index >= 15 is 0 Å². The molecule has 2 aliphatic heterocycles. The number of anilines is 1. The van der Waals surface area contributed by atoms with Crippen LogP contribution in [-0.2, 0) is 9.59 Å². The summed E-state index contributed by atoms with van der Waals surface area (Å²) in [6.45, 7) is 5.78. The first-order valence-electron chi connectivity index (χ1n) is 9.55. The molecule has 142 valence electrons. The van der Waals surface area contributed by atoms with E-state index in [0.29, 0.717) is 6.42 Å². The minimum Gasteiger partial charge on any atom is -0.359 e. The lowest BCUT2D eigenvalue weighted by atomic mass is 9.96. The average Bonchev–Trinajstić information content (AvgIpc) is 2.72. The highest BCUT2D eigenvalue weighted by atomic mass is 16.2. The van der Waals surface area contributed by atoms with Gasteiger partial charge in [0.2, 0.25) is 11.8 Å². The summed E-state index contributed by atoms with van der Waals surface area (Å²) in [5.41, 5.74) is 0. The maximum absolute atomic E-state index is 12.5. The van der Waals surface area contributed by atoms with Crippen molar-refractivity contribution in [3.05, 3.63) is 24.4 Å². The molecule has 3 heterocycles. The molecule has 0 aromatic carbocycles. The van der Waals surface area contributed by atoms with E-state index in [1.54, 1.807) is 13.2 Å². The molecule has 0 saturated carbocycles. The molecular weight excluding hydrogens is 330 g/mol. The molecule has 1 N–H and O–H groups in total. The molecule has 0 bridgehead atoms. The molecule has 7 nitrogen and oxygen atoms in total. The SMILES string of the molecule is CNC(=O)C1CCN(CCC(=O)N2CCN(c3ccccn3)CC2)CC1. The van der Waals surface area contributed by atoms with Crippen molar-refractivity contribution >= 4 is 17.6 Å². The summed E-state index contributed by atoms with van der Waals surface area (Å²) in [7, 11) is 1.70. The smallest absolute Gasteiger partial charge is 0.223 e. The van der Waals surface area contributed by atoms with Crippen LogP contribution in [0.5, 0.6) is 0 Å². The Kier molecular flexibility index (Phi) is 6.44. The molecule has 1 aromatic heterocycles. The van der Waals surface area contributed by atoms with Gasteiger partial charge < -0.3 is 20.0 Å². The van der Waals surface area contributed by atoms with Gasteiger partial charge in [-0.1, -0.05) is 6.07 Å². The molecule has 26 heavy (non-hydrogen) atoms. The molecule has 1 aromatic rings. The second-order valence-corrected chi connectivity index (χ2v) is 7.04. The van der Waals surface area contributed by atoms with E-state index in [9.17, 15) is 9.59 Å². The second-order valence-electron chi connectivity index (χ2n) is 7.04. The zero-order valence-corrected chi connectivity index (χ0v) is 15.6. The van der Waals surface area contributed by atoms with Gasteiger partial charge in [0, 0.05) is 58.3 Å². The van der Waals surface area contributed by atoms with Crippen LogP contribution in [0.15, 0.2) is 24.4 Å². The van der Waals surface area contributed by atoms with Gasteiger partial charge in [-0.3, -0.25) is 9.59 Å². The van der Waals surface area contributed by atoms with E-state index in [1.807, 2.05) is 23.1 Å². The predicted octanol–water partition coefficient (Wildman–Crippen LogP) is 0.578. The van der Waals surface area contributed by atoms with Gasteiger partial charge in [-0.25, -0.2) is 4.98 Å². The molecule has 0 radical (unpaired) electrons. The standard InChI is InChI=1S/C19H29N5O2/c1-20-19(26)16-5-9-22(10-6-16)11-7-18(25)24-14-12-23(13-15-24)17-4-2-3-8-21-17/h2-4,8,16H,5-7,9-15H2,1H3,(H,20,26). The monoisotopic (exact) mass is 359 g/mol. The lowest BCUT2D eigenvalue weighted by Crippen LogP contribution is -2.49. The molecule has 2 aliphatic rings. The van der Waals surface area contributed by atoms with E-state index in [4.69, 9.17) is 0 Å². The molecule has 0 unspecified atom stereocenters. The van der Waals surface area contributed by atoms with E-state index in [2.05, 4.69) is 20.1 Å². The van der Waals surface area contributed by atoms with Crippen LogP contribution < -0.4 is 10.2 Å². The normalized spacial score (nSPS) is 19.4. The fourth-order valence-corrected chi connectivity index (χ4v) is 3.76. The highest BCUT2D eigenvalue weighted by molar-refractivity contribution is 5.78. The predicted molar refractivity (Wildman–Crippen MR) is 101 cm³/mol. The number of piperazine rings is 1. The number of nitrogens with zero attached hydrogens (tertiary/aromatic N) is 4. The van der Waals surface area contributed by atoms with Crippen molar-refractivity contribution in [2.75, 3.05) is 57.8 Å². The van der Waals surface area contributed by atoms with Gasteiger partial charge in [0.1, 0.15) is 5.82 Å². The average molecular weight is 359 g/mol. The summed E-state index contributed by atoms with van der Waals surface area (Å²) in [6, 6.07) is 5.92. The third kappa shape index (κ3) is 4.72. The second kappa shape index (κ2) is 8.98. The van der Waals surface area contributed by atoms with E-state index < -0.39 is 0 Å². The van der Waals surface area contributed by atoms with E-state index in [1.165, 1.54) is 0 Å². The van der Waals surface area contributed by atoms with Crippen LogP contribution in [0, 0.1) is 5.92 Å². The summed E-state index contributed by atoms with van der Waals surface area (Å²) in [4.78, 5) is 35.1. The molecule has 0 aliphatic carbocycles. The molecule has 0 atom stereocenters. The number of hydrogen-bond donors (Lipinski definition) is 1. The summed E-state index contributed by atoms with van der Waals surface area (Å²) >= 11 is 0. The Morgan fingerprint density at radius 1 is 1.12 bits per heavy atom. The van der Waals surface area contributed by atoms with E-state index in [0.717, 1.165) is 64.5 Å². The van der Waals surface area contributed by atoms with Crippen LogP contribution in [0.3, 0.4) is 0 Å². The maximum Gasteiger partial charge on any atom is 0.223 e. The topological polar surface area (TPSA) is 68.8 Å². The molecule has 2 saturated heterocycles. The zero-order chi connectivity index (χ0) is 18.4. The maximum atomic E-state index is 12.5. The number of piperidine rings is 1. The Morgan fingerprint density at radius 2 is 1.85 bits per heavy atom. The number of likely N-dealkylation sites (tertiary alicyclic amines) is 1. The molecular formula is C19H29N5O2. The third-order valence-corrected chi connectivity index (χ3v) is 5.45. The van der Waals surface area contributed by atoms with Crippen molar-refractivity contribution in [3.63, 3.8) is 0 Å². The summed E-state index contributed by atoms with van der Waals surface area (Å²) in [5, 5.41) is 2.73. The fraction of sp³-hybridized carbons (Fsp3) is 0.632. The van der Waals surface area contributed by atoms with Gasteiger partial charge in [-0.15, -0.1) is 0 Å². The first-order chi connectivity index (χ1) is 12.7. The third-order valence-electron chi connectivity index (χ3n) is 5.45. The Morgan fingerprint density at radius 3 is 2.46 bits per heavy atom.